The van der Waals surface area contributed by atoms with E-state index in [9.17, 15) is 13.2 Å². The van der Waals surface area contributed by atoms with Gasteiger partial charge in [0.05, 0.1) is 4.90 Å². The van der Waals surface area contributed by atoms with Crippen molar-refractivity contribution >= 4 is 43.0 Å². The summed E-state index contributed by atoms with van der Waals surface area (Å²) in [6.45, 7) is 1.84. The predicted molar refractivity (Wildman–Crippen MR) is 104 cm³/mol. The van der Waals surface area contributed by atoms with Crippen LogP contribution in [0.5, 0.6) is 0 Å². The molecule has 3 aromatic rings. The Labute approximate surface area is 155 Å². The number of primary amides is 1. The van der Waals surface area contributed by atoms with Crippen LogP contribution in [0.25, 0.3) is 15.7 Å². The Morgan fingerprint density at radius 3 is 2.46 bits per heavy atom. The lowest BCUT2D eigenvalue weighted by molar-refractivity contribution is -0.112. The van der Waals surface area contributed by atoms with Gasteiger partial charge in [-0.3, -0.25) is 9.35 Å². The second-order valence-corrected chi connectivity index (χ2v) is 8.25. The Balaban J connectivity index is 0.000000160. The first-order chi connectivity index (χ1) is 12.3. The summed E-state index contributed by atoms with van der Waals surface area (Å²) in [6.07, 6.45) is 2.74. The second-order valence-electron chi connectivity index (χ2n) is 5.91. The molecule has 26 heavy (non-hydrogen) atoms. The SMILES string of the molecule is Cc1ccc(S(=O)(=O)O)cc1.NC(=O)C1=CCc2csc3cccc1c23. The fraction of sp³-hybridized carbons (Fsp3) is 0.105. The number of rotatable bonds is 2. The monoisotopic (exact) mass is 387 g/mol. The number of benzene rings is 2. The lowest BCUT2D eigenvalue weighted by Gasteiger charge is -2.12. The zero-order chi connectivity index (χ0) is 18.9. The molecule has 1 aromatic heterocycles. The molecule has 0 saturated heterocycles. The number of aryl methyl sites for hydroxylation is 1. The van der Waals surface area contributed by atoms with E-state index in [0.717, 1.165) is 17.5 Å². The van der Waals surface area contributed by atoms with E-state index in [1.165, 1.54) is 27.8 Å². The highest BCUT2D eigenvalue weighted by Crippen LogP contribution is 2.36. The van der Waals surface area contributed by atoms with Crippen molar-refractivity contribution in [2.24, 2.45) is 5.73 Å². The molecule has 7 heteroatoms. The highest BCUT2D eigenvalue weighted by atomic mass is 32.2. The van der Waals surface area contributed by atoms with Crippen LogP contribution in [0.15, 0.2) is 58.8 Å². The first-order valence-electron chi connectivity index (χ1n) is 7.81. The molecule has 0 atom stereocenters. The minimum absolute atomic E-state index is 0.0666. The maximum absolute atomic E-state index is 11.3. The van der Waals surface area contributed by atoms with Gasteiger partial charge in [-0.25, -0.2) is 0 Å². The Kier molecular flexibility index (Phi) is 4.95. The van der Waals surface area contributed by atoms with Gasteiger partial charge in [0.2, 0.25) is 5.91 Å². The number of nitrogens with two attached hydrogens (primary N) is 1. The largest absolute Gasteiger partial charge is 0.366 e. The summed E-state index contributed by atoms with van der Waals surface area (Å²) in [6, 6.07) is 12.0. The molecule has 3 N–H and O–H groups in total. The van der Waals surface area contributed by atoms with Gasteiger partial charge in [0.1, 0.15) is 0 Å². The smallest absolute Gasteiger partial charge is 0.294 e. The molecule has 4 rings (SSSR count). The predicted octanol–water partition coefficient (Wildman–Crippen LogP) is 3.57. The van der Waals surface area contributed by atoms with Crippen molar-refractivity contribution in [3.63, 3.8) is 0 Å². The lowest BCUT2D eigenvalue weighted by atomic mass is 9.92. The number of allylic oxidation sites excluding steroid dienone is 1. The van der Waals surface area contributed by atoms with E-state index in [1.807, 2.05) is 25.1 Å². The van der Waals surface area contributed by atoms with E-state index >= 15 is 0 Å². The summed E-state index contributed by atoms with van der Waals surface area (Å²) >= 11 is 1.72. The molecule has 0 aliphatic heterocycles. The van der Waals surface area contributed by atoms with Crippen LogP contribution >= 0.6 is 11.3 Å². The van der Waals surface area contributed by atoms with Crippen molar-refractivity contribution in [3.05, 3.63) is 70.6 Å². The lowest BCUT2D eigenvalue weighted by Crippen LogP contribution is -2.14. The number of thiophene rings is 1. The van der Waals surface area contributed by atoms with Crippen LogP contribution in [0.1, 0.15) is 16.7 Å². The van der Waals surface area contributed by atoms with Crippen LogP contribution < -0.4 is 5.73 Å². The molecular weight excluding hydrogens is 370 g/mol. The standard InChI is InChI=1S/C12H9NOS.C7H8O3S/c13-12(14)9-5-4-7-6-15-10-3-1-2-8(9)11(7)10;1-6-2-4-7(5-3-6)11(8,9)10/h1-3,5-6H,4H2,(H2,13,14);2-5H,1H3,(H,8,9,10). The molecule has 5 nitrogen and oxygen atoms in total. The summed E-state index contributed by atoms with van der Waals surface area (Å²) in [5, 5.41) is 3.36. The Bertz CT molecular complexity index is 1110. The molecule has 0 fully saturated rings. The molecule has 1 aliphatic carbocycles. The van der Waals surface area contributed by atoms with Crippen LogP contribution in [0.2, 0.25) is 0 Å². The second kappa shape index (κ2) is 7.03. The van der Waals surface area contributed by atoms with Gasteiger partial charge in [0.15, 0.2) is 0 Å². The van der Waals surface area contributed by atoms with Crippen LogP contribution in [0, 0.1) is 6.92 Å². The van der Waals surface area contributed by atoms with Gasteiger partial charge in [-0.1, -0.05) is 35.9 Å². The van der Waals surface area contributed by atoms with E-state index in [2.05, 4.69) is 11.4 Å². The van der Waals surface area contributed by atoms with Crippen molar-refractivity contribution in [3.8, 4) is 0 Å². The highest BCUT2D eigenvalue weighted by Gasteiger charge is 2.18. The Morgan fingerprint density at radius 1 is 1.15 bits per heavy atom. The average molecular weight is 387 g/mol. The molecule has 0 radical (unpaired) electrons. The highest BCUT2D eigenvalue weighted by molar-refractivity contribution is 7.85. The fourth-order valence-corrected chi connectivity index (χ4v) is 4.27. The number of hydrogen-bond donors (Lipinski definition) is 2. The maximum Gasteiger partial charge on any atom is 0.294 e. The van der Waals surface area contributed by atoms with E-state index in [0.29, 0.717) is 5.57 Å². The minimum Gasteiger partial charge on any atom is -0.366 e. The minimum atomic E-state index is -4.02. The zero-order valence-corrected chi connectivity index (χ0v) is 15.6. The maximum atomic E-state index is 11.3. The summed E-state index contributed by atoms with van der Waals surface area (Å²) in [5.41, 5.74) is 9.27. The van der Waals surface area contributed by atoms with Crippen LogP contribution in [-0.4, -0.2) is 18.9 Å². The van der Waals surface area contributed by atoms with E-state index in [4.69, 9.17) is 10.3 Å². The van der Waals surface area contributed by atoms with Crippen LogP contribution in [0.4, 0.5) is 0 Å². The Morgan fingerprint density at radius 2 is 1.85 bits per heavy atom. The summed E-state index contributed by atoms with van der Waals surface area (Å²) in [5.74, 6) is -0.334. The van der Waals surface area contributed by atoms with Gasteiger partial charge in [-0.2, -0.15) is 8.42 Å². The molecule has 1 amide bonds. The van der Waals surface area contributed by atoms with Crippen molar-refractivity contribution in [1.82, 2.24) is 0 Å². The van der Waals surface area contributed by atoms with Gasteiger partial charge < -0.3 is 5.73 Å². The first kappa shape index (κ1) is 18.3. The molecule has 1 aliphatic rings. The molecular formula is C19H17NO4S2. The number of carbonyl (C=O) groups is 1. The van der Waals surface area contributed by atoms with Crippen molar-refractivity contribution in [1.29, 1.82) is 0 Å². The summed E-state index contributed by atoms with van der Waals surface area (Å²) in [4.78, 5) is 11.2. The molecule has 0 saturated carbocycles. The molecule has 0 bridgehead atoms. The van der Waals surface area contributed by atoms with E-state index in [1.54, 1.807) is 23.5 Å². The van der Waals surface area contributed by atoms with Gasteiger partial charge in [-0.05, 0) is 48.1 Å². The third-order valence-corrected chi connectivity index (χ3v) is 5.94. The summed E-state index contributed by atoms with van der Waals surface area (Å²) in [7, 11) is -4.02. The number of hydrogen-bond acceptors (Lipinski definition) is 4. The first-order valence-corrected chi connectivity index (χ1v) is 10.1. The topological polar surface area (TPSA) is 97.5 Å². The normalized spacial score (nSPS) is 12.9. The van der Waals surface area contributed by atoms with Gasteiger partial charge >= 0.3 is 0 Å². The van der Waals surface area contributed by atoms with Gasteiger partial charge in [-0.15, -0.1) is 11.3 Å². The van der Waals surface area contributed by atoms with Gasteiger partial charge in [0, 0.05) is 15.7 Å². The van der Waals surface area contributed by atoms with Crippen molar-refractivity contribution in [2.75, 3.05) is 0 Å². The average Bonchev–Trinajstić information content (AvgIpc) is 3.00. The summed E-state index contributed by atoms with van der Waals surface area (Å²) < 4.78 is 30.8. The zero-order valence-electron chi connectivity index (χ0n) is 14.0. The molecule has 0 unspecified atom stereocenters. The third-order valence-electron chi connectivity index (χ3n) is 4.08. The van der Waals surface area contributed by atoms with Crippen LogP contribution in [0.3, 0.4) is 0 Å². The van der Waals surface area contributed by atoms with Crippen molar-refractivity contribution < 1.29 is 17.8 Å². The number of carbonyl (C=O) groups excluding carboxylic acids is 1. The molecule has 134 valence electrons. The number of amides is 1. The van der Waals surface area contributed by atoms with E-state index < -0.39 is 10.1 Å². The fourth-order valence-electron chi connectivity index (χ4n) is 2.79. The van der Waals surface area contributed by atoms with Gasteiger partial charge in [0.25, 0.3) is 10.1 Å². The molecule has 2 aromatic carbocycles. The molecule has 0 spiro atoms. The Hall–Kier alpha value is -2.48. The van der Waals surface area contributed by atoms with Crippen molar-refractivity contribution in [2.45, 2.75) is 18.2 Å². The van der Waals surface area contributed by atoms with E-state index in [-0.39, 0.29) is 10.8 Å². The molecule has 1 heterocycles. The third kappa shape index (κ3) is 3.70. The van der Waals surface area contributed by atoms with Crippen LogP contribution in [-0.2, 0) is 21.3 Å². The quantitative estimate of drug-likeness (QED) is 0.657.